The van der Waals surface area contributed by atoms with Crippen LogP contribution in [0.2, 0.25) is 0 Å². The summed E-state index contributed by atoms with van der Waals surface area (Å²) >= 11 is 0. The molecule has 1 aromatic heterocycles. The fourth-order valence-corrected chi connectivity index (χ4v) is 2.68. The van der Waals surface area contributed by atoms with Crippen molar-refractivity contribution >= 4 is 0 Å². The lowest BCUT2D eigenvalue weighted by atomic mass is 10.1. The van der Waals surface area contributed by atoms with Crippen LogP contribution in [0, 0.1) is 5.92 Å². The lowest BCUT2D eigenvalue weighted by Gasteiger charge is -2.15. The van der Waals surface area contributed by atoms with Gasteiger partial charge in [0.25, 0.3) is 0 Å². The Bertz CT molecular complexity index is 397. The van der Waals surface area contributed by atoms with Gasteiger partial charge < -0.3 is 14.6 Å². The molecule has 1 aliphatic heterocycles. The standard InChI is InChI=1S/C14H23N3O2/c1-2-6-15-12(10-3-4-10)8-13-16-14(17-19-13)11-5-7-18-9-11/h10-12,15H,2-9H2,1H3. The number of hydrogen-bond acceptors (Lipinski definition) is 5. The van der Waals surface area contributed by atoms with Crippen LogP contribution in [0.5, 0.6) is 0 Å². The fourth-order valence-electron chi connectivity index (χ4n) is 2.68. The Labute approximate surface area is 114 Å². The average molecular weight is 265 g/mol. The zero-order valence-electron chi connectivity index (χ0n) is 11.6. The van der Waals surface area contributed by atoms with Crippen LogP contribution in [-0.4, -0.2) is 35.9 Å². The number of nitrogens with zero attached hydrogens (tertiary/aromatic N) is 2. The molecule has 1 N–H and O–H groups in total. The number of ether oxygens (including phenoxy) is 1. The maximum absolute atomic E-state index is 5.41. The van der Waals surface area contributed by atoms with Crippen molar-refractivity contribution in [2.75, 3.05) is 19.8 Å². The van der Waals surface area contributed by atoms with E-state index in [0.717, 1.165) is 56.7 Å². The summed E-state index contributed by atoms with van der Waals surface area (Å²) < 4.78 is 10.8. The molecule has 1 saturated heterocycles. The van der Waals surface area contributed by atoms with E-state index in [9.17, 15) is 0 Å². The first-order chi connectivity index (χ1) is 9.36. The van der Waals surface area contributed by atoms with Crippen molar-refractivity contribution in [2.24, 2.45) is 5.92 Å². The largest absolute Gasteiger partial charge is 0.381 e. The molecule has 0 radical (unpaired) electrons. The van der Waals surface area contributed by atoms with Crippen LogP contribution < -0.4 is 5.32 Å². The highest BCUT2D eigenvalue weighted by molar-refractivity contribution is 5.00. The minimum absolute atomic E-state index is 0.334. The van der Waals surface area contributed by atoms with Gasteiger partial charge in [-0.15, -0.1) is 0 Å². The normalized spacial score (nSPS) is 24.8. The van der Waals surface area contributed by atoms with Gasteiger partial charge in [-0.25, -0.2) is 0 Å². The third-order valence-electron chi connectivity index (χ3n) is 4.02. The highest BCUT2D eigenvalue weighted by Crippen LogP contribution is 2.34. The molecule has 106 valence electrons. The summed E-state index contributed by atoms with van der Waals surface area (Å²) in [5.74, 6) is 2.75. The van der Waals surface area contributed by atoms with E-state index in [0.29, 0.717) is 12.0 Å². The van der Waals surface area contributed by atoms with Crippen molar-refractivity contribution in [1.82, 2.24) is 15.5 Å². The maximum atomic E-state index is 5.41. The van der Waals surface area contributed by atoms with Crippen LogP contribution in [0.3, 0.4) is 0 Å². The Morgan fingerprint density at radius 1 is 1.37 bits per heavy atom. The van der Waals surface area contributed by atoms with Crippen molar-refractivity contribution in [2.45, 2.75) is 51.0 Å². The van der Waals surface area contributed by atoms with Crippen molar-refractivity contribution in [1.29, 1.82) is 0 Å². The second-order valence-corrected chi connectivity index (χ2v) is 5.71. The number of aromatic nitrogens is 2. The monoisotopic (exact) mass is 265 g/mol. The molecule has 2 fully saturated rings. The Balaban J connectivity index is 1.58. The third kappa shape index (κ3) is 3.34. The van der Waals surface area contributed by atoms with Gasteiger partial charge in [-0.1, -0.05) is 12.1 Å². The number of hydrogen-bond donors (Lipinski definition) is 1. The summed E-state index contributed by atoms with van der Waals surface area (Å²) in [6, 6.07) is 0.507. The molecule has 1 aromatic rings. The first-order valence-corrected chi connectivity index (χ1v) is 7.50. The lowest BCUT2D eigenvalue weighted by molar-refractivity contribution is 0.192. The average Bonchev–Trinajstić information content (AvgIpc) is 2.93. The molecule has 3 rings (SSSR count). The van der Waals surface area contributed by atoms with Crippen LogP contribution in [0.1, 0.15) is 50.2 Å². The van der Waals surface area contributed by atoms with Gasteiger partial charge in [0.1, 0.15) is 0 Å². The highest BCUT2D eigenvalue weighted by atomic mass is 16.5. The number of nitrogens with one attached hydrogen (secondary N) is 1. The Morgan fingerprint density at radius 3 is 2.95 bits per heavy atom. The minimum atomic E-state index is 0.334. The van der Waals surface area contributed by atoms with E-state index in [4.69, 9.17) is 9.26 Å². The summed E-state index contributed by atoms with van der Waals surface area (Å²) in [4.78, 5) is 4.55. The van der Waals surface area contributed by atoms with Gasteiger partial charge in [0.2, 0.25) is 5.89 Å². The summed E-state index contributed by atoms with van der Waals surface area (Å²) in [6.45, 7) is 4.82. The molecule has 2 atom stereocenters. The first-order valence-electron chi connectivity index (χ1n) is 7.50. The van der Waals surface area contributed by atoms with Crippen molar-refractivity contribution in [3.8, 4) is 0 Å². The van der Waals surface area contributed by atoms with E-state index in [1.54, 1.807) is 0 Å². The SMILES string of the molecule is CCCNC(Cc1nc(C2CCOC2)no1)C1CC1. The molecule has 5 heteroatoms. The summed E-state index contributed by atoms with van der Waals surface area (Å²) in [5.41, 5.74) is 0. The molecule has 19 heavy (non-hydrogen) atoms. The Kier molecular flexibility index (Phi) is 4.13. The molecule has 1 saturated carbocycles. The van der Waals surface area contributed by atoms with Crippen molar-refractivity contribution < 1.29 is 9.26 Å². The zero-order valence-corrected chi connectivity index (χ0v) is 11.6. The van der Waals surface area contributed by atoms with Crippen LogP contribution in [0.15, 0.2) is 4.52 Å². The minimum Gasteiger partial charge on any atom is -0.381 e. The summed E-state index contributed by atoms with van der Waals surface area (Å²) in [5, 5.41) is 7.72. The predicted octanol–water partition coefficient (Wildman–Crippen LogP) is 1.89. The van der Waals surface area contributed by atoms with Crippen LogP contribution in [-0.2, 0) is 11.2 Å². The maximum Gasteiger partial charge on any atom is 0.228 e. The molecule has 0 spiro atoms. The van der Waals surface area contributed by atoms with Gasteiger partial charge in [-0.05, 0) is 38.1 Å². The molecule has 2 unspecified atom stereocenters. The zero-order chi connectivity index (χ0) is 13.1. The number of rotatable bonds is 7. The van der Waals surface area contributed by atoms with Crippen molar-refractivity contribution in [3.63, 3.8) is 0 Å². The third-order valence-corrected chi connectivity index (χ3v) is 4.02. The van der Waals surface area contributed by atoms with Crippen LogP contribution in [0.25, 0.3) is 0 Å². The molecule has 0 aromatic carbocycles. The van der Waals surface area contributed by atoms with Gasteiger partial charge in [-0.3, -0.25) is 0 Å². The first kappa shape index (κ1) is 13.1. The Morgan fingerprint density at radius 2 is 2.26 bits per heavy atom. The predicted molar refractivity (Wildman–Crippen MR) is 71.0 cm³/mol. The van der Waals surface area contributed by atoms with Gasteiger partial charge in [-0.2, -0.15) is 4.98 Å². The second-order valence-electron chi connectivity index (χ2n) is 5.71. The quantitative estimate of drug-likeness (QED) is 0.816. The molecular weight excluding hydrogens is 242 g/mol. The molecule has 5 nitrogen and oxygen atoms in total. The van der Waals surface area contributed by atoms with E-state index in [-0.39, 0.29) is 0 Å². The van der Waals surface area contributed by atoms with Crippen molar-refractivity contribution in [3.05, 3.63) is 11.7 Å². The molecule has 0 bridgehead atoms. The van der Waals surface area contributed by atoms with Crippen LogP contribution >= 0.6 is 0 Å². The van der Waals surface area contributed by atoms with Crippen LogP contribution in [0.4, 0.5) is 0 Å². The molecule has 2 aliphatic rings. The molecule has 2 heterocycles. The van der Waals surface area contributed by atoms with Gasteiger partial charge in [0.15, 0.2) is 5.82 Å². The summed E-state index contributed by atoms with van der Waals surface area (Å²) in [7, 11) is 0. The van der Waals surface area contributed by atoms with E-state index in [1.807, 2.05) is 0 Å². The molecular formula is C14H23N3O2. The fraction of sp³-hybridized carbons (Fsp3) is 0.857. The second kappa shape index (κ2) is 6.01. The van der Waals surface area contributed by atoms with Gasteiger partial charge in [0, 0.05) is 25.0 Å². The van der Waals surface area contributed by atoms with E-state index in [1.165, 1.54) is 12.8 Å². The van der Waals surface area contributed by atoms with E-state index >= 15 is 0 Å². The van der Waals surface area contributed by atoms with E-state index < -0.39 is 0 Å². The Hall–Kier alpha value is -0.940. The van der Waals surface area contributed by atoms with Gasteiger partial charge >= 0.3 is 0 Å². The lowest BCUT2D eigenvalue weighted by Crippen LogP contribution is -2.33. The molecule has 1 aliphatic carbocycles. The summed E-state index contributed by atoms with van der Waals surface area (Å²) in [6.07, 6.45) is 5.71. The topological polar surface area (TPSA) is 60.2 Å². The smallest absolute Gasteiger partial charge is 0.228 e. The van der Waals surface area contributed by atoms with Gasteiger partial charge in [0.05, 0.1) is 6.61 Å². The molecule has 0 amide bonds. The highest BCUT2D eigenvalue weighted by Gasteiger charge is 2.32. The van der Waals surface area contributed by atoms with E-state index in [2.05, 4.69) is 22.4 Å².